The highest BCUT2D eigenvalue weighted by molar-refractivity contribution is 5.91. The first kappa shape index (κ1) is 12.7. The molecule has 0 spiro atoms. The molecule has 1 aliphatic rings. The monoisotopic (exact) mass is 226 g/mol. The Morgan fingerprint density at radius 2 is 1.56 bits per heavy atom. The van der Waals surface area contributed by atoms with E-state index in [-0.39, 0.29) is 17.6 Å². The van der Waals surface area contributed by atoms with Crippen LogP contribution in [-0.2, 0) is 14.4 Å². The van der Waals surface area contributed by atoms with E-state index in [0.29, 0.717) is 25.9 Å². The van der Waals surface area contributed by atoms with Gasteiger partial charge >= 0.3 is 0 Å². The Labute approximate surface area is 95.2 Å². The predicted molar refractivity (Wildman–Crippen MR) is 58.7 cm³/mol. The fourth-order valence-electron chi connectivity index (χ4n) is 2.11. The number of hydrogen-bond donors (Lipinski definition) is 1. The van der Waals surface area contributed by atoms with Gasteiger partial charge in [0.25, 0.3) is 0 Å². The molecule has 1 fully saturated rings. The van der Waals surface area contributed by atoms with Crippen molar-refractivity contribution >= 4 is 17.6 Å². The van der Waals surface area contributed by atoms with E-state index in [1.807, 2.05) is 0 Å². The molecule has 0 aromatic heterocycles. The highest BCUT2D eigenvalue weighted by Gasteiger charge is 2.39. The van der Waals surface area contributed by atoms with Crippen molar-refractivity contribution in [2.24, 2.45) is 0 Å². The van der Waals surface area contributed by atoms with Crippen LogP contribution in [0.3, 0.4) is 0 Å². The third-order valence-electron chi connectivity index (χ3n) is 3.15. The molecule has 0 aliphatic carbocycles. The van der Waals surface area contributed by atoms with Crippen molar-refractivity contribution in [3.8, 4) is 0 Å². The Hall–Kier alpha value is -1.39. The molecule has 0 unspecified atom stereocenters. The molecular formula is C11H18N2O3. The number of likely N-dealkylation sites (tertiary alicyclic amines) is 1. The molecule has 1 N–H and O–H groups in total. The van der Waals surface area contributed by atoms with Gasteiger partial charge in [-0.15, -0.1) is 0 Å². The van der Waals surface area contributed by atoms with Gasteiger partial charge in [0.15, 0.2) is 5.78 Å². The zero-order chi connectivity index (χ0) is 12.3. The molecule has 0 atom stereocenters. The lowest BCUT2D eigenvalue weighted by Gasteiger charge is -2.40. The SMILES string of the molecule is CC(=O)NC1(C(C)=O)CCN(C(C)=O)CC1. The highest BCUT2D eigenvalue weighted by Crippen LogP contribution is 2.23. The number of piperidine rings is 1. The molecule has 1 rings (SSSR count). The Bertz CT molecular complexity index is 317. The summed E-state index contributed by atoms with van der Waals surface area (Å²) >= 11 is 0. The van der Waals surface area contributed by atoms with Gasteiger partial charge in [-0.1, -0.05) is 0 Å². The van der Waals surface area contributed by atoms with Gasteiger partial charge in [0, 0.05) is 26.9 Å². The highest BCUT2D eigenvalue weighted by atomic mass is 16.2. The average Bonchev–Trinajstić information content (AvgIpc) is 2.17. The second kappa shape index (κ2) is 4.63. The van der Waals surface area contributed by atoms with Crippen molar-refractivity contribution in [3.05, 3.63) is 0 Å². The summed E-state index contributed by atoms with van der Waals surface area (Å²) in [7, 11) is 0. The van der Waals surface area contributed by atoms with E-state index < -0.39 is 5.54 Å². The number of ketones is 1. The fraction of sp³-hybridized carbons (Fsp3) is 0.727. The minimum atomic E-state index is -0.766. The molecule has 16 heavy (non-hydrogen) atoms. The van der Waals surface area contributed by atoms with E-state index in [0.717, 1.165) is 0 Å². The van der Waals surface area contributed by atoms with Crippen LogP contribution in [0.4, 0.5) is 0 Å². The Balaban J connectivity index is 2.73. The Kier molecular flexibility index (Phi) is 3.67. The number of carbonyl (C=O) groups is 3. The largest absolute Gasteiger partial charge is 0.344 e. The van der Waals surface area contributed by atoms with E-state index >= 15 is 0 Å². The first-order chi connectivity index (χ1) is 7.37. The normalized spacial score (nSPS) is 19.1. The number of amides is 2. The molecule has 0 aromatic carbocycles. The van der Waals surface area contributed by atoms with Gasteiger partial charge in [-0.2, -0.15) is 0 Å². The van der Waals surface area contributed by atoms with Crippen LogP contribution in [0.2, 0.25) is 0 Å². The first-order valence-corrected chi connectivity index (χ1v) is 5.43. The van der Waals surface area contributed by atoms with Gasteiger partial charge in [-0.25, -0.2) is 0 Å². The number of nitrogens with zero attached hydrogens (tertiary/aromatic N) is 1. The maximum absolute atomic E-state index is 11.6. The average molecular weight is 226 g/mol. The summed E-state index contributed by atoms with van der Waals surface area (Å²) in [4.78, 5) is 35.6. The topological polar surface area (TPSA) is 66.5 Å². The molecular weight excluding hydrogens is 208 g/mol. The number of Topliss-reactive ketones (excluding diaryl/α,β-unsaturated/α-hetero) is 1. The number of nitrogens with one attached hydrogen (secondary N) is 1. The fourth-order valence-corrected chi connectivity index (χ4v) is 2.11. The summed E-state index contributed by atoms with van der Waals surface area (Å²) in [5.74, 6) is -0.225. The maximum Gasteiger partial charge on any atom is 0.219 e. The van der Waals surface area contributed by atoms with Crippen LogP contribution in [-0.4, -0.2) is 41.1 Å². The van der Waals surface area contributed by atoms with E-state index in [1.165, 1.54) is 20.8 Å². The third-order valence-corrected chi connectivity index (χ3v) is 3.15. The lowest BCUT2D eigenvalue weighted by molar-refractivity contribution is -0.136. The Morgan fingerprint density at radius 1 is 1.06 bits per heavy atom. The molecule has 90 valence electrons. The zero-order valence-electron chi connectivity index (χ0n) is 10.0. The van der Waals surface area contributed by atoms with Crippen LogP contribution >= 0.6 is 0 Å². The van der Waals surface area contributed by atoms with Crippen molar-refractivity contribution < 1.29 is 14.4 Å². The zero-order valence-corrected chi connectivity index (χ0v) is 10.0. The van der Waals surface area contributed by atoms with Crippen LogP contribution < -0.4 is 5.32 Å². The standard InChI is InChI=1S/C11H18N2O3/c1-8(14)11(12-9(2)15)4-6-13(7-5-11)10(3)16/h4-7H2,1-3H3,(H,12,15). The number of carbonyl (C=O) groups excluding carboxylic acids is 3. The van der Waals surface area contributed by atoms with Crippen molar-refractivity contribution in [2.45, 2.75) is 39.2 Å². The molecule has 5 heteroatoms. The minimum Gasteiger partial charge on any atom is -0.344 e. The van der Waals surface area contributed by atoms with Crippen LogP contribution in [0.1, 0.15) is 33.6 Å². The number of rotatable bonds is 2. The van der Waals surface area contributed by atoms with Crippen LogP contribution in [0.15, 0.2) is 0 Å². The minimum absolute atomic E-state index is 0.0139. The molecule has 0 radical (unpaired) electrons. The van der Waals surface area contributed by atoms with Gasteiger partial charge in [-0.3, -0.25) is 14.4 Å². The Morgan fingerprint density at radius 3 is 1.88 bits per heavy atom. The summed E-state index contributed by atoms with van der Waals surface area (Å²) in [6.07, 6.45) is 1.00. The summed E-state index contributed by atoms with van der Waals surface area (Å²) < 4.78 is 0. The lowest BCUT2D eigenvalue weighted by atomic mass is 9.84. The quantitative estimate of drug-likeness (QED) is 0.725. The summed E-state index contributed by atoms with van der Waals surface area (Å²) in [5.41, 5.74) is -0.766. The molecule has 5 nitrogen and oxygen atoms in total. The smallest absolute Gasteiger partial charge is 0.219 e. The second-order valence-electron chi connectivity index (χ2n) is 4.33. The molecule has 0 bridgehead atoms. The molecule has 1 heterocycles. The molecule has 0 saturated carbocycles. The lowest BCUT2D eigenvalue weighted by Crippen LogP contribution is -2.59. The summed E-state index contributed by atoms with van der Waals surface area (Å²) in [6.45, 7) is 5.45. The molecule has 1 saturated heterocycles. The first-order valence-electron chi connectivity index (χ1n) is 5.43. The van der Waals surface area contributed by atoms with Gasteiger partial charge in [0.05, 0.1) is 0 Å². The van der Waals surface area contributed by atoms with Gasteiger partial charge in [-0.05, 0) is 19.8 Å². The van der Waals surface area contributed by atoms with E-state index in [9.17, 15) is 14.4 Å². The van der Waals surface area contributed by atoms with Crippen LogP contribution in [0.5, 0.6) is 0 Å². The summed E-state index contributed by atoms with van der Waals surface area (Å²) in [6, 6.07) is 0. The van der Waals surface area contributed by atoms with Crippen molar-refractivity contribution in [3.63, 3.8) is 0 Å². The maximum atomic E-state index is 11.6. The van der Waals surface area contributed by atoms with Crippen molar-refractivity contribution in [1.29, 1.82) is 0 Å². The van der Waals surface area contributed by atoms with Crippen LogP contribution in [0.25, 0.3) is 0 Å². The van der Waals surface area contributed by atoms with Crippen molar-refractivity contribution in [1.82, 2.24) is 10.2 Å². The van der Waals surface area contributed by atoms with E-state index in [2.05, 4.69) is 5.32 Å². The van der Waals surface area contributed by atoms with Gasteiger partial charge in [0.1, 0.15) is 5.54 Å². The summed E-state index contributed by atoms with van der Waals surface area (Å²) in [5, 5.41) is 2.73. The second-order valence-corrected chi connectivity index (χ2v) is 4.33. The van der Waals surface area contributed by atoms with E-state index in [1.54, 1.807) is 4.90 Å². The molecule has 2 amide bonds. The van der Waals surface area contributed by atoms with E-state index in [4.69, 9.17) is 0 Å². The number of hydrogen-bond acceptors (Lipinski definition) is 3. The van der Waals surface area contributed by atoms with Gasteiger partial charge < -0.3 is 10.2 Å². The van der Waals surface area contributed by atoms with Crippen molar-refractivity contribution in [2.75, 3.05) is 13.1 Å². The predicted octanol–water partition coefficient (Wildman–Crippen LogP) is 0.0926. The molecule has 0 aromatic rings. The third kappa shape index (κ3) is 2.59. The van der Waals surface area contributed by atoms with Crippen LogP contribution in [0, 0.1) is 0 Å². The molecule has 1 aliphatic heterocycles. The van der Waals surface area contributed by atoms with Gasteiger partial charge in [0.2, 0.25) is 11.8 Å².